The number of hydrogen-bond acceptors (Lipinski definition) is 4. The number of aryl methyl sites for hydroxylation is 2. The molecule has 2 heterocycles. The Kier molecular flexibility index (Phi) is 6.83. The van der Waals surface area contributed by atoms with Crippen LogP contribution in [0.25, 0.3) is 0 Å². The van der Waals surface area contributed by atoms with E-state index in [1.807, 2.05) is 23.6 Å². The molecule has 3 aliphatic rings. The van der Waals surface area contributed by atoms with E-state index in [4.69, 9.17) is 11.6 Å². The minimum atomic E-state index is -0.702. The molecule has 6 rings (SSSR count). The zero-order chi connectivity index (χ0) is 29.3. The van der Waals surface area contributed by atoms with Gasteiger partial charge in [-0.05, 0) is 71.9 Å². The molecule has 3 aromatic rings. The van der Waals surface area contributed by atoms with E-state index in [-0.39, 0.29) is 46.8 Å². The molecule has 2 aromatic carbocycles. The van der Waals surface area contributed by atoms with Gasteiger partial charge in [-0.1, -0.05) is 37.6 Å². The molecular weight excluding hydrogens is 546 g/mol. The van der Waals surface area contributed by atoms with Gasteiger partial charge in [-0.15, -0.1) is 0 Å². The standard InChI is InChI=1S/C32H35ClF2N4O2/c1-18-11-24-25(15-27(18)33)32(16-26(24)31(2,3)30-36-17-37-38(30)4)7-9-39(10-8-32)29(41)23-14-20(40)13-22(23)21-6-5-19(34)12-28(21)35/h5-6,11-12,15,17,22-23,26H,7-10,13-14,16H2,1-4H3/t22-,23+,26-/m0/s1. The molecule has 1 spiro atoms. The normalized spacial score (nSPS) is 23.8. The Morgan fingerprint density at radius 1 is 1.10 bits per heavy atom. The molecule has 2 fully saturated rings. The first kappa shape index (κ1) is 28.0. The lowest BCUT2D eigenvalue weighted by Gasteiger charge is -2.42. The van der Waals surface area contributed by atoms with Crippen LogP contribution in [0.4, 0.5) is 8.78 Å². The molecule has 1 aromatic heterocycles. The topological polar surface area (TPSA) is 68.1 Å². The lowest BCUT2D eigenvalue weighted by atomic mass is 9.69. The molecule has 216 valence electrons. The zero-order valence-electron chi connectivity index (χ0n) is 23.9. The van der Waals surface area contributed by atoms with E-state index in [0.29, 0.717) is 13.1 Å². The van der Waals surface area contributed by atoms with Crippen molar-refractivity contribution < 1.29 is 18.4 Å². The molecule has 1 aliphatic heterocycles. The van der Waals surface area contributed by atoms with Crippen molar-refractivity contribution in [3.05, 3.63) is 81.4 Å². The highest BCUT2D eigenvalue weighted by Gasteiger charge is 2.52. The summed E-state index contributed by atoms with van der Waals surface area (Å²) < 4.78 is 30.1. The summed E-state index contributed by atoms with van der Waals surface area (Å²) in [5.41, 5.74) is 3.40. The number of fused-ring (bicyclic) bond motifs is 2. The fourth-order valence-corrected chi connectivity index (χ4v) is 8.01. The Hall–Kier alpha value is -3.13. The highest BCUT2D eigenvalue weighted by Crippen LogP contribution is 2.58. The van der Waals surface area contributed by atoms with Crippen molar-refractivity contribution in [2.45, 2.75) is 75.5 Å². The lowest BCUT2D eigenvalue weighted by Crippen LogP contribution is -2.47. The molecule has 41 heavy (non-hydrogen) atoms. The predicted molar refractivity (Wildman–Crippen MR) is 152 cm³/mol. The lowest BCUT2D eigenvalue weighted by molar-refractivity contribution is -0.138. The summed E-state index contributed by atoms with van der Waals surface area (Å²) >= 11 is 6.68. The number of piperidine rings is 1. The number of rotatable bonds is 4. The number of carbonyl (C=O) groups is 2. The van der Waals surface area contributed by atoms with Gasteiger partial charge in [0.25, 0.3) is 0 Å². The van der Waals surface area contributed by atoms with E-state index in [1.165, 1.54) is 23.3 Å². The SMILES string of the molecule is Cc1cc2c(cc1Cl)C1(CCN(C(=O)[C@@H]3CC(=O)C[C@H]3c3ccc(F)cc3F)CC1)C[C@@H]2C(C)(C)c1ncnn1C. The Bertz CT molecular complexity index is 1540. The van der Waals surface area contributed by atoms with Crippen LogP contribution in [0.5, 0.6) is 0 Å². The maximum Gasteiger partial charge on any atom is 0.226 e. The van der Waals surface area contributed by atoms with Crippen LogP contribution in [0.3, 0.4) is 0 Å². The summed E-state index contributed by atoms with van der Waals surface area (Å²) in [6.07, 6.45) is 4.24. The number of halogens is 3. The third kappa shape index (κ3) is 4.59. The van der Waals surface area contributed by atoms with Crippen LogP contribution in [-0.4, -0.2) is 44.4 Å². The van der Waals surface area contributed by atoms with Crippen LogP contribution in [0, 0.1) is 24.5 Å². The van der Waals surface area contributed by atoms with Crippen molar-refractivity contribution >= 4 is 23.3 Å². The van der Waals surface area contributed by atoms with Gasteiger partial charge in [0.05, 0.1) is 5.92 Å². The summed E-state index contributed by atoms with van der Waals surface area (Å²) in [6, 6.07) is 7.74. The number of amides is 1. The van der Waals surface area contributed by atoms with Gasteiger partial charge in [-0.3, -0.25) is 14.3 Å². The number of benzene rings is 2. The molecular formula is C32H35ClF2N4O2. The molecule has 3 atom stereocenters. The van der Waals surface area contributed by atoms with Crippen LogP contribution >= 0.6 is 11.6 Å². The second-order valence-electron chi connectivity index (χ2n) is 12.8. The maximum atomic E-state index is 14.7. The number of likely N-dealkylation sites (tertiary alicyclic amines) is 1. The number of hydrogen-bond donors (Lipinski definition) is 0. The monoisotopic (exact) mass is 580 g/mol. The van der Waals surface area contributed by atoms with E-state index in [0.717, 1.165) is 41.7 Å². The molecule has 1 saturated carbocycles. The average molecular weight is 581 g/mol. The van der Waals surface area contributed by atoms with Crippen molar-refractivity contribution in [1.82, 2.24) is 19.7 Å². The number of ketones is 1. The Morgan fingerprint density at radius 2 is 1.83 bits per heavy atom. The van der Waals surface area contributed by atoms with Crippen LogP contribution in [0.2, 0.25) is 5.02 Å². The van der Waals surface area contributed by atoms with Gasteiger partial charge < -0.3 is 4.90 Å². The first-order chi connectivity index (χ1) is 19.4. The third-order valence-electron chi connectivity index (χ3n) is 10.1. The van der Waals surface area contributed by atoms with E-state index in [1.54, 1.807) is 6.33 Å². The molecule has 9 heteroatoms. The maximum absolute atomic E-state index is 14.7. The van der Waals surface area contributed by atoms with Gasteiger partial charge in [0.1, 0.15) is 29.6 Å². The minimum absolute atomic E-state index is 0.0610. The van der Waals surface area contributed by atoms with Crippen LogP contribution in [0.15, 0.2) is 36.7 Å². The molecule has 0 unspecified atom stereocenters. The van der Waals surface area contributed by atoms with Gasteiger partial charge in [0, 0.05) is 55.4 Å². The fourth-order valence-electron chi connectivity index (χ4n) is 7.85. The van der Waals surface area contributed by atoms with Gasteiger partial charge >= 0.3 is 0 Å². The number of aromatic nitrogens is 3. The Balaban J connectivity index is 1.27. The zero-order valence-corrected chi connectivity index (χ0v) is 24.6. The van der Waals surface area contributed by atoms with E-state index < -0.39 is 23.5 Å². The van der Waals surface area contributed by atoms with Crippen molar-refractivity contribution in [1.29, 1.82) is 0 Å². The van der Waals surface area contributed by atoms with E-state index in [9.17, 15) is 18.4 Å². The Labute approximate surface area is 244 Å². The van der Waals surface area contributed by atoms with Crippen LogP contribution < -0.4 is 0 Å². The molecule has 1 saturated heterocycles. The van der Waals surface area contributed by atoms with Crippen LogP contribution in [0.1, 0.15) is 85.9 Å². The first-order valence-corrected chi connectivity index (χ1v) is 14.7. The molecule has 6 nitrogen and oxygen atoms in total. The van der Waals surface area contributed by atoms with Crippen LogP contribution in [-0.2, 0) is 27.5 Å². The highest BCUT2D eigenvalue weighted by molar-refractivity contribution is 6.31. The summed E-state index contributed by atoms with van der Waals surface area (Å²) in [4.78, 5) is 32.7. The fraction of sp³-hybridized carbons (Fsp3) is 0.500. The summed E-state index contributed by atoms with van der Waals surface area (Å²) in [7, 11) is 1.92. The first-order valence-electron chi connectivity index (χ1n) is 14.3. The van der Waals surface area contributed by atoms with E-state index in [2.05, 4.69) is 36.1 Å². The van der Waals surface area contributed by atoms with E-state index >= 15 is 0 Å². The summed E-state index contributed by atoms with van der Waals surface area (Å²) in [5, 5.41) is 5.07. The predicted octanol–water partition coefficient (Wildman–Crippen LogP) is 6.14. The largest absolute Gasteiger partial charge is 0.342 e. The molecule has 0 radical (unpaired) electrons. The van der Waals surface area contributed by atoms with Crippen molar-refractivity contribution in [2.24, 2.45) is 13.0 Å². The minimum Gasteiger partial charge on any atom is -0.342 e. The van der Waals surface area contributed by atoms with Crippen molar-refractivity contribution in [2.75, 3.05) is 13.1 Å². The van der Waals surface area contributed by atoms with Gasteiger partial charge in [-0.25, -0.2) is 13.8 Å². The Morgan fingerprint density at radius 3 is 2.49 bits per heavy atom. The summed E-state index contributed by atoms with van der Waals surface area (Å²) in [6.45, 7) is 7.57. The van der Waals surface area contributed by atoms with Crippen molar-refractivity contribution in [3.8, 4) is 0 Å². The molecule has 0 N–H and O–H groups in total. The highest BCUT2D eigenvalue weighted by atomic mass is 35.5. The average Bonchev–Trinajstić information content (AvgIpc) is 3.61. The smallest absolute Gasteiger partial charge is 0.226 e. The van der Waals surface area contributed by atoms with Crippen molar-refractivity contribution in [3.63, 3.8) is 0 Å². The number of nitrogens with zero attached hydrogens (tertiary/aromatic N) is 4. The third-order valence-corrected chi connectivity index (χ3v) is 10.5. The summed E-state index contributed by atoms with van der Waals surface area (Å²) in [5.74, 6) is -1.64. The van der Waals surface area contributed by atoms with Gasteiger partial charge in [-0.2, -0.15) is 5.10 Å². The second kappa shape index (κ2) is 10.0. The molecule has 2 aliphatic carbocycles. The molecule has 0 bridgehead atoms. The van der Waals surface area contributed by atoms with Gasteiger partial charge in [0.15, 0.2) is 0 Å². The number of carbonyl (C=O) groups excluding carboxylic acids is 2. The van der Waals surface area contributed by atoms with Gasteiger partial charge in [0.2, 0.25) is 5.91 Å². The quantitative estimate of drug-likeness (QED) is 0.372. The number of Topliss-reactive ketones (excluding diaryl/α,β-unsaturated/α-hetero) is 1. The second-order valence-corrected chi connectivity index (χ2v) is 13.2. The molecule has 1 amide bonds.